The number of piperidine rings is 1. The van der Waals surface area contributed by atoms with Crippen LogP contribution in [-0.4, -0.2) is 63.3 Å². The second kappa shape index (κ2) is 11.4. The summed E-state index contributed by atoms with van der Waals surface area (Å²) in [4.78, 5) is 36.4. The molecule has 3 N–H and O–H groups in total. The van der Waals surface area contributed by atoms with E-state index in [1.54, 1.807) is 19.2 Å². The summed E-state index contributed by atoms with van der Waals surface area (Å²) < 4.78 is 24.5. The predicted molar refractivity (Wildman–Crippen MR) is 171 cm³/mol. The van der Waals surface area contributed by atoms with E-state index in [1.807, 2.05) is 24.6 Å². The summed E-state index contributed by atoms with van der Waals surface area (Å²) in [6.45, 7) is 6.01. The van der Waals surface area contributed by atoms with Crippen molar-refractivity contribution >= 4 is 33.9 Å². The first-order chi connectivity index (χ1) is 21.7. The lowest BCUT2D eigenvalue weighted by atomic mass is 9.97. The van der Waals surface area contributed by atoms with Crippen molar-refractivity contribution in [1.82, 2.24) is 35.1 Å². The van der Waals surface area contributed by atoms with Gasteiger partial charge in [-0.3, -0.25) is 9.59 Å². The maximum atomic E-state index is 14.5. The molecule has 10 nitrogen and oxygen atoms in total. The van der Waals surface area contributed by atoms with Crippen LogP contribution in [-0.2, 0) is 18.4 Å². The number of amides is 2. The molecule has 2 aliphatic heterocycles. The van der Waals surface area contributed by atoms with Gasteiger partial charge in [0.15, 0.2) is 5.82 Å². The van der Waals surface area contributed by atoms with Crippen LogP contribution in [0, 0.1) is 11.3 Å². The van der Waals surface area contributed by atoms with Gasteiger partial charge in [0.2, 0.25) is 5.91 Å². The number of carbonyl (C=O) groups excluding carboxylic acids is 2. The van der Waals surface area contributed by atoms with Crippen LogP contribution < -0.4 is 20.7 Å². The number of aryl methyl sites for hydroxylation is 2. The quantitative estimate of drug-likeness (QED) is 0.304. The van der Waals surface area contributed by atoms with Gasteiger partial charge in [0.25, 0.3) is 5.91 Å². The largest absolute Gasteiger partial charge is 0.494 e. The highest BCUT2D eigenvalue weighted by atomic mass is 19.1. The molecule has 2 amide bonds. The molecule has 3 aromatic heterocycles. The van der Waals surface area contributed by atoms with Crippen LogP contribution in [0.5, 0.6) is 5.75 Å². The third-order valence-corrected chi connectivity index (χ3v) is 10.2. The number of hydrogen-bond acceptors (Lipinski definition) is 6. The standard InChI is InChI=1S/C34H42FN7O3/c1-19-24-9-8-20-15-27(42(30(20)38-24)13-7-5-6-11-34(2)17-22(34)33(44)37-19)31-39-25-14-21(16-28(45-4)29(25)41(31)3)32(43)40-26-18-36-12-10-23(26)35/h8-9,14-16,19,22-23,26,36H,5-7,10-13,17-18H2,1-4H3,(H,37,44)(H,40,43)/t19-,22-,23+,26+,34+/m1/s1. The molecule has 1 aromatic carbocycles. The number of nitrogens with zero attached hydrogens (tertiary/aromatic N) is 4. The smallest absolute Gasteiger partial charge is 0.251 e. The first-order valence-corrected chi connectivity index (χ1v) is 16.2. The van der Waals surface area contributed by atoms with E-state index in [4.69, 9.17) is 14.7 Å². The predicted octanol–water partition coefficient (Wildman–Crippen LogP) is 4.81. The van der Waals surface area contributed by atoms with Gasteiger partial charge in [-0.05, 0) is 74.9 Å². The molecule has 4 aromatic rings. The zero-order chi connectivity index (χ0) is 31.5. The summed E-state index contributed by atoms with van der Waals surface area (Å²) in [5, 5.41) is 10.2. The number of rotatable bonds is 4. The molecule has 238 valence electrons. The van der Waals surface area contributed by atoms with Crippen molar-refractivity contribution in [2.45, 2.75) is 77.2 Å². The second-order valence-electron chi connectivity index (χ2n) is 13.4. The van der Waals surface area contributed by atoms with Crippen molar-refractivity contribution < 1.29 is 18.7 Å². The highest BCUT2D eigenvalue weighted by Crippen LogP contribution is 2.56. The summed E-state index contributed by atoms with van der Waals surface area (Å²) in [6, 6.07) is 8.83. The van der Waals surface area contributed by atoms with Gasteiger partial charge in [0.05, 0.1) is 36.1 Å². The Bertz CT molecular complexity index is 1800. The minimum Gasteiger partial charge on any atom is -0.494 e. The van der Waals surface area contributed by atoms with E-state index in [2.05, 4.69) is 39.6 Å². The zero-order valence-corrected chi connectivity index (χ0v) is 26.5. The van der Waals surface area contributed by atoms with E-state index >= 15 is 0 Å². The molecule has 45 heavy (non-hydrogen) atoms. The maximum absolute atomic E-state index is 14.5. The first kappa shape index (κ1) is 29.7. The lowest BCUT2D eigenvalue weighted by Crippen LogP contribution is -2.52. The van der Waals surface area contributed by atoms with Gasteiger partial charge in [0, 0.05) is 37.0 Å². The van der Waals surface area contributed by atoms with Crippen LogP contribution in [0.15, 0.2) is 30.3 Å². The average molecular weight is 616 g/mol. The second-order valence-corrected chi connectivity index (χ2v) is 13.4. The molecule has 1 saturated heterocycles. The Hall–Kier alpha value is -3.99. The van der Waals surface area contributed by atoms with Crippen LogP contribution in [0.3, 0.4) is 0 Å². The van der Waals surface area contributed by atoms with Gasteiger partial charge in [0.1, 0.15) is 23.1 Å². The number of methoxy groups -OCH3 is 1. The molecule has 0 spiro atoms. The Morgan fingerprint density at radius 3 is 2.82 bits per heavy atom. The summed E-state index contributed by atoms with van der Waals surface area (Å²) in [7, 11) is 3.53. The minimum absolute atomic E-state index is 0.0908. The fourth-order valence-corrected chi connectivity index (χ4v) is 7.30. The average Bonchev–Trinajstić information content (AvgIpc) is 3.41. The number of pyridine rings is 1. The Morgan fingerprint density at radius 2 is 2.02 bits per heavy atom. The van der Waals surface area contributed by atoms with Crippen LogP contribution in [0.25, 0.3) is 33.6 Å². The van der Waals surface area contributed by atoms with E-state index < -0.39 is 12.2 Å². The van der Waals surface area contributed by atoms with Crippen molar-refractivity contribution in [2.75, 3.05) is 20.2 Å². The van der Waals surface area contributed by atoms with Crippen LogP contribution in [0.4, 0.5) is 4.39 Å². The van der Waals surface area contributed by atoms with Gasteiger partial charge in [-0.15, -0.1) is 0 Å². The van der Waals surface area contributed by atoms with Crippen molar-refractivity contribution in [3.63, 3.8) is 0 Å². The summed E-state index contributed by atoms with van der Waals surface area (Å²) in [5.74, 6) is 1.11. The number of fused-ring (bicyclic) bond motifs is 3. The SMILES string of the molecule is COc1cc(C(=O)N[C@H]2CNCC[C@@H]2F)cc2nc(-c3cc4ccc5nc4n3CCCCC[C@@]3(C)C[C@@H]3C(=O)N[C@@H]5C)n(C)c12. The van der Waals surface area contributed by atoms with E-state index in [-0.39, 0.29) is 29.2 Å². The van der Waals surface area contributed by atoms with E-state index in [0.29, 0.717) is 36.3 Å². The summed E-state index contributed by atoms with van der Waals surface area (Å²) in [6.07, 6.45) is 4.41. The molecule has 1 saturated carbocycles. The fourth-order valence-electron chi connectivity index (χ4n) is 7.30. The van der Waals surface area contributed by atoms with Crippen molar-refractivity contribution in [3.8, 4) is 17.3 Å². The van der Waals surface area contributed by atoms with Gasteiger partial charge in [-0.1, -0.05) is 19.8 Å². The summed E-state index contributed by atoms with van der Waals surface area (Å²) in [5.41, 5.74) is 4.46. The molecular formula is C34H42FN7O3. The number of benzene rings is 1. The number of halogens is 1. The fraction of sp³-hybridized carbons (Fsp3) is 0.529. The Kier molecular flexibility index (Phi) is 7.54. The monoisotopic (exact) mass is 615 g/mol. The number of imidazole rings is 1. The third-order valence-electron chi connectivity index (χ3n) is 10.2. The Balaban J connectivity index is 1.27. The molecule has 3 aliphatic rings. The minimum atomic E-state index is -1.09. The zero-order valence-electron chi connectivity index (χ0n) is 26.5. The lowest BCUT2D eigenvalue weighted by molar-refractivity contribution is -0.123. The number of aromatic nitrogens is 4. The number of carbonyl (C=O) groups is 2. The molecule has 7 rings (SSSR count). The number of ether oxygens (including phenoxy) is 1. The van der Waals surface area contributed by atoms with E-state index in [1.165, 1.54) is 0 Å². The normalized spacial score (nSPS) is 27.2. The number of alkyl halides is 1. The molecule has 1 aliphatic carbocycles. The van der Waals surface area contributed by atoms with Gasteiger partial charge in [-0.25, -0.2) is 14.4 Å². The molecule has 0 unspecified atom stereocenters. The molecule has 0 radical (unpaired) electrons. The topological polar surface area (TPSA) is 115 Å². The van der Waals surface area contributed by atoms with Crippen LogP contribution >= 0.6 is 0 Å². The number of nitrogens with one attached hydrogen (secondary N) is 3. The lowest BCUT2D eigenvalue weighted by Gasteiger charge is -2.27. The van der Waals surface area contributed by atoms with Gasteiger partial charge < -0.3 is 29.8 Å². The Morgan fingerprint density at radius 1 is 1.18 bits per heavy atom. The van der Waals surface area contributed by atoms with Gasteiger partial charge in [-0.2, -0.15) is 0 Å². The maximum Gasteiger partial charge on any atom is 0.251 e. The van der Waals surface area contributed by atoms with E-state index in [9.17, 15) is 14.0 Å². The Labute approximate surface area is 262 Å². The molecule has 2 bridgehead atoms. The highest BCUT2D eigenvalue weighted by molar-refractivity contribution is 6.00. The third kappa shape index (κ3) is 5.34. The van der Waals surface area contributed by atoms with Crippen molar-refractivity contribution in [3.05, 3.63) is 41.6 Å². The van der Waals surface area contributed by atoms with Crippen molar-refractivity contribution in [2.24, 2.45) is 18.4 Å². The van der Waals surface area contributed by atoms with Crippen LogP contribution in [0.2, 0.25) is 0 Å². The molecule has 2 fully saturated rings. The van der Waals surface area contributed by atoms with Crippen LogP contribution in [0.1, 0.15) is 74.5 Å². The molecular weight excluding hydrogens is 573 g/mol. The molecule has 5 heterocycles. The summed E-state index contributed by atoms with van der Waals surface area (Å²) >= 11 is 0. The molecule has 5 atom stereocenters. The number of hydrogen-bond donors (Lipinski definition) is 3. The van der Waals surface area contributed by atoms with Crippen molar-refractivity contribution in [1.29, 1.82) is 0 Å². The van der Waals surface area contributed by atoms with E-state index in [0.717, 1.165) is 72.4 Å². The molecule has 11 heteroatoms. The highest BCUT2D eigenvalue weighted by Gasteiger charge is 2.53. The van der Waals surface area contributed by atoms with Gasteiger partial charge >= 0.3 is 0 Å². The first-order valence-electron chi connectivity index (χ1n) is 16.2.